The second-order valence-electron chi connectivity index (χ2n) is 5.70. The number of nitrogens with one attached hydrogen (secondary N) is 1. The molecule has 2 aromatic heterocycles. The molecule has 0 aromatic carbocycles. The van der Waals surface area contributed by atoms with Crippen LogP contribution in [0.15, 0.2) is 18.5 Å². The summed E-state index contributed by atoms with van der Waals surface area (Å²) in [6, 6.07) is 2.11. The molecule has 1 aliphatic carbocycles. The van der Waals surface area contributed by atoms with Crippen LogP contribution in [0.4, 0.5) is 0 Å². The van der Waals surface area contributed by atoms with E-state index in [-0.39, 0.29) is 0 Å². The topological polar surface area (TPSA) is 55.6 Å². The summed E-state index contributed by atoms with van der Waals surface area (Å²) in [4.78, 5) is 9.14. The molecule has 0 atom stereocenters. The first-order valence-electron chi connectivity index (χ1n) is 7.25. The van der Waals surface area contributed by atoms with Gasteiger partial charge < -0.3 is 5.32 Å². The highest BCUT2D eigenvalue weighted by molar-refractivity contribution is 5.34. The van der Waals surface area contributed by atoms with Crippen molar-refractivity contribution in [2.24, 2.45) is 0 Å². The second kappa shape index (κ2) is 5.32. The van der Waals surface area contributed by atoms with Crippen molar-refractivity contribution in [3.63, 3.8) is 0 Å². The lowest BCUT2D eigenvalue weighted by atomic mass is 10.2. The summed E-state index contributed by atoms with van der Waals surface area (Å²) in [7, 11) is 1.93. The smallest absolute Gasteiger partial charge is 0.131 e. The molecule has 0 amide bonds. The van der Waals surface area contributed by atoms with Gasteiger partial charge in [0.05, 0.1) is 17.6 Å². The molecule has 1 N–H and O–H groups in total. The van der Waals surface area contributed by atoms with Crippen molar-refractivity contribution in [2.45, 2.75) is 45.1 Å². The fourth-order valence-corrected chi connectivity index (χ4v) is 2.26. The van der Waals surface area contributed by atoms with Gasteiger partial charge in [-0.15, -0.1) is 0 Å². The van der Waals surface area contributed by atoms with Crippen LogP contribution < -0.4 is 5.32 Å². The fourth-order valence-electron chi connectivity index (χ4n) is 2.26. The number of hydrogen-bond donors (Lipinski definition) is 1. The molecule has 0 spiro atoms. The lowest BCUT2D eigenvalue weighted by Crippen LogP contribution is -2.14. The van der Waals surface area contributed by atoms with Crippen LogP contribution in [0, 0.1) is 0 Å². The van der Waals surface area contributed by atoms with Gasteiger partial charge in [-0.2, -0.15) is 5.10 Å². The van der Waals surface area contributed by atoms with Crippen molar-refractivity contribution < 1.29 is 0 Å². The second-order valence-corrected chi connectivity index (χ2v) is 5.70. The molecule has 0 saturated heterocycles. The summed E-state index contributed by atoms with van der Waals surface area (Å²) in [5.74, 6) is 1.88. The van der Waals surface area contributed by atoms with Crippen LogP contribution in [-0.4, -0.2) is 26.8 Å². The molecule has 0 unspecified atom stereocenters. The highest BCUT2D eigenvalue weighted by Gasteiger charge is 2.26. The van der Waals surface area contributed by atoms with Gasteiger partial charge in [-0.05, 0) is 26.0 Å². The number of aromatic nitrogens is 4. The average molecular weight is 271 g/mol. The Kier molecular flexibility index (Phi) is 3.53. The Balaban J connectivity index is 1.97. The molecule has 1 saturated carbocycles. The van der Waals surface area contributed by atoms with E-state index in [1.807, 2.05) is 24.1 Å². The molecule has 0 aliphatic heterocycles. The number of hydrogen-bond acceptors (Lipinski definition) is 4. The summed E-state index contributed by atoms with van der Waals surface area (Å²) in [5, 5.41) is 7.84. The van der Waals surface area contributed by atoms with Gasteiger partial charge in [0.15, 0.2) is 0 Å². The molecule has 106 valence electrons. The Bertz CT molecular complexity index is 598. The summed E-state index contributed by atoms with van der Waals surface area (Å²) in [6.45, 7) is 4.94. The van der Waals surface area contributed by atoms with E-state index in [0.29, 0.717) is 11.8 Å². The monoisotopic (exact) mass is 271 g/mol. The average Bonchev–Trinajstić information content (AvgIpc) is 3.17. The Morgan fingerprint density at radius 1 is 1.40 bits per heavy atom. The van der Waals surface area contributed by atoms with Crippen molar-refractivity contribution in [3.8, 4) is 5.69 Å². The van der Waals surface area contributed by atoms with E-state index in [9.17, 15) is 0 Å². The molecular weight excluding hydrogens is 250 g/mol. The van der Waals surface area contributed by atoms with Gasteiger partial charge in [0, 0.05) is 24.6 Å². The Morgan fingerprint density at radius 2 is 2.20 bits per heavy atom. The molecule has 1 fully saturated rings. The molecule has 0 radical (unpaired) electrons. The van der Waals surface area contributed by atoms with Crippen molar-refractivity contribution in [1.29, 1.82) is 0 Å². The first-order valence-corrected chi connectivity index (χ1v) is 7.25. The molecular formula is C15H21N5. The maximum atomic E-state index is 4.67. The van der Waals surface area contributed by atoms with Crippen LogP contribution in [0.25, 0.3) is 5.69 Å². The molecule has 2 heterocycles. The fraction of sp³-hybridized carbons (Fsp3) is 0.533. The Hall–Kier alpha value is -1.75. The summed E-state index contributed by atoms with van der Waals surface area (Å²) in [6.07, 6.45) is 6.44. The Morgan fingerprint density at radius 3 is 2.85 bits per heavy atom. The standard InChI is InChI=1S/C15H21N5/c1-10(2)15-17-9-14(13(18-15)8-16-3)20-7-6-12(19-20)11-4-5-11/h6-7,9-11,16H,4-5,8H2,1-3H3. The normalized spacial score (nSPS) is 15.0. The van der Waals surface area contributed by atoms with Crippen molar-refractivity contribution in [1.82, 2.24) is 25.1 Å². The van der Waals surface area contributed by atoms with E-state index in [4.69, 9.17) is 0 Å². The zero-order chi connectivity index (χ0) is 14.1. The number of nitrogens with zero attached hydrogens (tertiary/aromatic N) is 4. The molecule has 0 bridgehead atoms. The van der Waals surface area contributed by atoms with Gasteiger partial charge in [-0.1, -0.05) is 13.8 Å². The molecule has 3 rings (SSSR count). The minimum absolute atomic E-state index is 0.333. The van der Waals surface area contributed by atoms with Crippen LogP contribution in [0.1, 0.15) is 55.7 Å². The molecule has 2 aromatic rings. The third-order valence-electron chi connectivity index (χ3n) is 3.58. The van der Waals surface area contributed by atoms with E-state index in [1.54, 1.807) is 0 Å². The highest BCUT2D eigenvalue weighted by Crippen LogP contribution is 2.39. The van der Waals surface area contributed by atoms with Crippen LogP contribution in [0.2, 0.25) is 0 Å². The van der Waals surface area contributed by atoms with Crippen LogP contribution >= 0.6 is 0 Å². The minimum Gasteiger partial charge on any atom is -0.314 e. The molecule has 5 heteroatoms. The van der Waals surface area contributed by atoms with Crippen LogP contribution in [0.5, 0.6) is 0 Å². The minimum atomic E-state index is 0.333. The third-order valence-corrected chi connectivity index (χ3v) is 3.58. The molecule has 5 nitrogen and oxygen atoms in total. The van der Waals surface area contributed by atoms with E-state index in [2.05, 4.69) is 40.3 Å². The number of rotatable bonds is 5. The quantitative estimate of drug-likeness (QED) is 0.907. The maximum Gasteiger partial charge on any atom is 0.131 e. The predicted octanol–water partition coefficient (Wildman–Crippen LogP) is 2.38. The lowest BCUT2D eigenvalue weighted by Gasteiger charge is -2.11. The van der Waals surface area contributed by atoms with Crippen molar-refractivity contribution >= 4 is 0 Å². The van der Waals surface area contributed by atoms with Crippen molar-refractivity contribution in [2.75, 3.05) is 7.05 Å². The Labute approximate surface area is 119 Å². The van der Waals surface area contributed by atoms with E-state index in [0.717, 1.165) is 23.8 Å². The molecule has 1 aliphatic rings. The zero-order valence-electron chi connectivity index (χ0n) is 12.3. The van der Waals surface area contributed by atoms with Gasteiger partial charge in [-0.3, -0.25) is 0 Å². The largest absolute Gasteiger partial charge is 0.314 e. The zero-order valence-corrected chi connectivity index (χ0v) is 12.3. The first kappa shape index (κ1) is 13.2. The van der Waals surface area contributed by atoms with Gasteiger partial charge in [-0.25, -0.2) is 14.6 Å². The first-order chi connectivity index (χ1) is 9.69. The van der Waals surface area contributed by atoms with Gasteiger partial charge in [0.1, 0.15) is 11.5 Å². The van der Waals surface area contributed by atoms with Gasteiger partial charge in [0.25, 0.3) is 0 Å². The lowest BCUT2D eigenvalue weighted by molar-refractivity contribution is 0.704. The SMILES string of the molecule is CNCc1nc(C(C)C)ncc1-n1ccc(C2CC2)n1. The summed E-state index contributed by atoms with van der Waals surface area (Å²) in [5.41, 5.74) is 3.15. The van der Waals surface area contributed by atoms with E-state index < -0.39 is 0 Å². The van der Waals surface area contributed by atoms with E-state index in [1.165, 1.54) is 18.5 Å². The van der Waals surface area contributed by atoms with Crippen LogP contribution in [0.3, 0.4) is 0 Å². The highest BCUT2D eigenvalue weighted by atomic mass is 15.3. The van der Waals surface area contributed by atoms with Gasteiger partial charge in [0.2, 0.25) is 0 Å². The van der Waals surface area contributed by atoms with E-state index >= 15 is 0 Å². The van der Waals surface area contributed by atoms with Gasteiger partial charge >= 0.3 is 0 Å². The predicted molar refractivity (Wildman–Crippen MR) is 78.0 cm³/mol. The van der Waals surface area contributed by atoms with Crippen LogP contribution in [-0.2, 0) is 6.54 Å². The summed E-state index contributed by atoms with van der Waals surface area (Å²) < 4.78 is 1.91. The maximum absolute atomic E-state index is 4.67. The third kappa shape index (κ3) is 2.58. The summed E-state index contributed by atoms with van der Waals surface area (Å²) >= 11 is 0. The van der Waals surface area contributed by atoms with Crippen molar-refractivity contribution in [3.05, 3.63) is 35.7 Å². The molecule has 20 heavy (non-hydrogen) atoms.